The van der Waals surface area contributed by atoms with Crippen LogP contribution in [-0.4, -0.2) is 41.0 Å². The van der Waals surface area contributed by atoms with E-state index in [9.17, 15) is 9.59 Å². The van der Waals surface area contributed by atoms with Gasteiger partial charge in [0.2, 0.25) is 0 Å². The fourth-order valence-corrected chi connectivity index (χ4v) is 5.42. The van der Waals surface area contributed by atoms with Crippen molar-refractivity contribution >= 4 is 30.7 Å². The SMILES string of the molecule is CC1Cc2c(C(=O)O)ccc(C(=O)O)c21.CCC[SiH2]O[SiH](C)C. The molecule has 1 unspecified atom stereocenters. The lowest BCUT2D eigenvalue weighted by molar-refractivity contribution is 0.0676. The molecule has 0 aliphatic heterocycles. The van der Waals surface area contributed by atoms with Crippen LogP contribution in [0.2, 0.25) is 19.1 Å². The van der Waals surface area contributed by atoms with Gasteiger partial charge in [-0.3, -0.25) is 0 Å². The fourth-order valence-electron chi connectivity index (χ4n) is 2.57. The van der Waals surface area contributed by atoms with E-state index in [4.69, 9.17) is 14.3 Å². The summed E-state index contributed by atoms with van der Waals surface area (Å²) < 4.78 is 5.56. The molecule has 2 N–H and O–H groups in total. The summed E-state index contributed by atoms with van der Waals surface area (Å²) in [5.74, 6) is -1.84. The van der Waals surface area contributed by atoms with E-state index >= 15 is 0 Å². The molecule has 0 radical (unpaired) electrons. The fraction of sp³-hybridized carbons (Fsp3) is 0.500. The second-order valence-corrected chi connectivity index (χ2v) is 10.6. The minimum atomic E-state index is -0.991. The van der Waals surface area contributed by atoms with Gasteiger partial charge in [0.05, 0.1) is 11.1 Å². The molecule has 0 spiro atoms. The molecule has 1 aliphatic rings. The highest BCUT2D eigenvalue weighted by Crippen LogP contribution is 2.39. The molecule has 1 aliphatic carbocycles. The van der Waals surface area contributed by atoms with Crippen molar-refractivity contribution in [2.24, 2.45) is 0 Å². The Hall–Kier alpha value is -1.45. The number of hydrogen-bond acceptors (Lipinski definition) is 3. The van der Waals surface area contributed by atoms with E-state index in [2.05, 4.69) is 20.0 Å². The first-order valence-corrected chi connectivity index (χ1v) is 12.4. The first kappa shape index (κ1) is 19.6. The molecule has 0 amide bonds. The van der Waals surface area contributed by atoms with Crippen LogP contribution in [0.1, 0.15) is 58.0 Å². The van der Waals surface area contributed by atoms with Crippen LogP contribution >= 0.6 is 0 Å². The number of hydrogen-bond donors (Lipinski definition) is 2. The van der Waals surface area contributed by atoms with Crippen LogP contribution in [0.5, 0.6) is 0 Å². The average molecular weight is 355 g/mol. The monoisotopic (exact) mass is 354 g/mol. The second kappa shape index (κ2) is 9.00. The number of aromatic carboxylic acids is 2. The summed E-state index contributed by atoms with van der Waals surface area (Å²) in [4.78, 5) is 21.7. The zero-order chi connectivity index (χ0) is 17.6. The summed E-state index contributed by atoms with van der Waals surface area (Å²) in [5, 5.41) is 17.8. The quantitative estimate of drug-likeness (QED) is 0.606. The highest BCUT2D eigenvalue weighted by atomic mass is 28.3. The lowest BCUT2D eigenvalue weighted by Crippen LogP contribution is -2.23. The van der Waals surface area contributed by atoms with E-state index in [0.29, 0.717) is 17.5 Å². The van der Waals surface area contributed by atoms with Crippen molar-refractivity contribution in [1.82, 2.24) is 0 Å². The molecule has 1 atom stereocenters. The normalized spacial score (nSPS) is 15.8. The third-order valence-electron chi connectivity index (χ3n) is 3.77. The number of benzene rings is 1. The number of rotatable bonds is 6. The molecule has 1 aromatic carbocycles. The third kappa shape index (κ3) is 5.30. The molecule has 5 nitrogen and oxygen atoms in total. The molecule has 128 valence electrons. The standard InChI is InChI=1S/C11H10O4.C5H16OSi2/c1-5-4-8-6(10(12)13)2-3-7(9(5)8)11(14)15;1-4-5-7-6-8(2)3/h2-3,5H,4H2,1H3,(H,12,13)(H,14,15);8H,4-5,7H2,1-3H3. The molecule has 0 bridgehead atoms. The summed E-state index contributed by atoms with van der Waals surface area (Å²) in [6.07, 6.45) is 1.96. The number of fused-ring (bicyclic) bond motifs is 1. The summed E-state index contributed by atoms with van der Waals surface area (Å²) >= 11 is 0. The van der Waals surface area contributed by atoms with E-state index in [1.807, 2.05) is 6.92 Å². The Morgan fingerprint density at radius 2 is 1.83 bits per heavy atom. The van der Waals surface area contributed by atoms with Crippen LogP contribution in [0.4, 0.5) is 0 Å². The van der Waals surface area contributed by atoms with Gasteiger partial charge >= 0.3 is 11.9 Å². The Morgan fingerprint density at radius 3 is 2.26 bits per heavy atom. The van der Waals surface area contributed by atoms with Crippen LogP contribution in [0.15, 0.2) is 12.1 Å². The van der Waals surface area contributed by atoms with Gasteiger partial charge in [0.25, 0.3) is 0 Å². The minimum absolute atomic E-state index is 0.0745. The van der Waals surface area contributed by atoms with Gasteiger partial charge in [-0.25, -0.2) is 9.59 Å². The highest BCUT2D eigenvalue weighted by molar-refractivity contribution is 6.56. The molecule has 0 saturated carbocycles. The van der Waals surface area contributed by atoms with Crippen LogP contribution in [0.3, 0.4) is 0 Å². The van der Waals surface area contributed by atoms with Crippen molar-refractivity contribution in [3.05, 3.63) is 34.4 Å². The molecule has 0 fully saturated rings. The molecule has 0 heterocycles. The average Bonchev–Trinajstić information content (AvgIpc) is 2.45. The van der Waals surface area contributed by atoms with E-state index in [1.165, 1.54) is 24.6 Å². The maximum Gasteiger partial charge on any atom is 0.335 e. The molecule has 1 aromatic rings. The van der Waals surface area contributed by atoms with Gasteiger partial charge in [0.1, 0.15) is 9.76 Å². The number of carboxylic acids is 2. The smallest absolute Gasteiger partial charge is 0.335 e. The van der Waals surface area contributed by atoms with Crippen molar-refractivity contribution in [1.29, 1.82) is 0 Å². The van der Waals surface area contributed by atoms with Gasteiger partial charge in [0.15, 0.2) is 9.04 Å². The zero-order valence-corrected chi connectivity index (χ0v) is 16.8. The second-order valence-electron chi connectivity index (χ2n) is 6.04. The number of carbonyl (C=O) groups is 2. The lowest BCUT2D eigenvalue weighted by Gasteiger charge is -2.30. The largest absolute Gasteiger partial charge is 0.478 e. The maximum absolute atomic E-state index is 10.9. The lowest BCUT2D eigenvalue weighted by atomic mass is 9.73. The first-order valence-electron chi connectivity index (χ1n) is 8.03. The van der Waals surface area contributed by atoms with Crippen LogP contribution in [-0.2, 0) is 10.5 Å². The van der Waals surface area contributed by atoms with E-state index in [0.717, 1.165) is 0 Å². The Morgan fingerprint density at radius 1 is 1.26 bits per heavy atom. The van der Waals surface area contributed by atoms with Crippen LogP contribution in [0, 0.1) is 0 Å². The van der Waals surface area contributed by atoms with Crippen molar-refractivity contribution in [3.8, 4) is 0 Å². The van der Waals surface area contributed by atoms with Gasteiger partial charge in [-0.1, -0.05) is 20.3 Å². The van der Waals surface area contributed by atoms with Crippen molar-refractivity contribution in [3.63, 3.8) is 0 Å². The van der Waals surface area contributed by atoms with Gasteiger partial charge in [-0.15, -0.1) is 0 Å². The Balaban J connectivity index is 0.000000284. The summed E-state index contributed by atoms with van der Waals surface area (Å²) in [6.45, 7) is 8.60. The third-order valence-corrected chi connectivity index (χ3v) is 8.38. The molecule has 2 rings (SSSR count). The molecule has 7 heteroatoms. The van der Waals surface area contributed by atoms with Crippen molar-refractivity contribution < 1.29 is 23.9 Å². The van der Waals surface area contributed by atoms with Gasteiger partial charge in [-0.05, 0) is 54.7 Å². The maximum atomic E-state index is 10.9. The zero-order valence-electron chi connectivity index (χ0n) is 14.3. The van der Waals surface area contributed by atoms with Crippen LogP contribution in [0.25, 0.3) is 0 Å². The van der Waals surface area contributed by atoms with Crippen LogP contribution < -0.4 is 0 Å². The Bertz CT molecular complexity index is 572. The van der Waals surface area contributed by atoms with Gasteiger partial charge in [-0.2, -0.15) is 0 Å². The Labute approximate surface area is 141 Å². The number of carboxylic acid groups (broad SMARTS) is 2. The minimum Gasteiger partial charge on any atom is -0.478 e. The van der Waals surface area contributed by atoms with Crippen molar-refractivity contribution in [2.75, 3.05) is 0 Å². The molecule has 0 saturated heterocycles. The van der Waals surface area contributed by atoms with Gasteiger partial charge in [0, 0.05) is 0 Å². The van der Waals surface area contributed by atoms with E-state index in [1.54, 1.807) is 0 Å². The van der Waals surface area contributed by atoms with Crippen molar-refractivity contribution in [2.45, 2.75) is 51.7 Å². The highest BCUT2D eigenvalue weighted by Gasteiger charge is 2.31. The summed E-state index contributed by atoms with van der Waals surface area (Å²) in [7, 11) is -0.715. The molecular weight excluding hydrogens is 328 g/mol. The van der Waals surface area contributed by atoms with Gasteiger partial charge < -0.3 is 14.3 Å². The Kier molecular flexibility index (Phi) is 7.67. The van der Waals surface area contributed by atoms with E-state index < -0.39 is 21.0 Å². The molecular formula is C16H26O5Si2. The predicted molar refractivity (Wildman–Crippen MR) is 96.1 cm³/mol. The summed E-state index contributed by atoms with van der Waals surface area (Å²) in [5.41, 5.74) is 1.82. The predicted octanol–water partition coefficient (Wildman–Crippen LogP) is 2.64. The van der Waals surface area contributed by atoms with E-state index in [-0.39, 0.29) is 26.8 Å². The molecule has 0 aromatic heterocycles. The summed E-state index contributed by atoms with van der Waals surface area (Å²) in [6, 6.07) is 4.11. The topological polar surface area (TPSA) is 83.8 Å². The first-order chi connectivity index (χ1) is 10.8. The molecule has 23 heavy (non-hydrogen) atoms.